The molecule has 1 aromatic carbocycles. The van der Waals surface area contributed by atoms with Crippen molar-refractivity contribution in [1.29, 1.82) is 0 Å². The highest BCUT2D eigenvalue weighted by Crippen LogP contribution is 2.24. The summed E-state index contributed by atoms with van der Waals surface area (Å²) < 4.78 is 38.2. The molecule has 0 saturated heterocycles. The highest BCUT2D eigenvalue weighted by molar-refractivity contribution is 7.86. The summed E-state index contributed by atoms with van der Waals surface area (Å²) in [5, 5.41) is 9.47. The van der Waals surface area contributed by atoms with Crippen LogP contribution in [0, 0.1) is 0 Å². The monoisotopic (exact) mass is 304 g/mol. The van der Waals surface area contributed by atoms with Gasteiger partial charge < -0.3 is 9.84 Å². The summed E-state index contributed by atoms with van der Waals surface area (Å²) in [6.45, 7) is 0.538. The fourth-order valence-electron chi connectivity index (χ4n) is 1.84. The van der Waals surface area contributed by atoms with Crippen molar-refractivity contribution in [3.05, 3.63) is 24.3 Å². The second kappa shape index (κ2) is 8.79. The summed E-state index contributed by atoms with van der Waals surface area (Å²) in [7, 11) is -4.30. The van der Waals surface area contributed by atoms with E-state index in [1.54, 1.807) is 24.3 Å². The first-order valence-corrected chi connectivity index (χ1v) is 8.37. The van der Waals surface area contributed by atoms with Gasteiger partial charge in [-0.25, -0.2) is 0 Å². The van der Waals surface area contributed by atoms with E-state index in [0.29, 0.717) is 18.8 Å². The number of para-hydroxylation sites is 2. The average molecular weight is 304 g/mol. The first-order valence-electron chi connectivity index (χ1n) is 6.82. The predicted octanol–water partition coefficient (Wildman–Crippen LogP) is 3.41. The molecule has 0 unspecified atom stereocenters. The number of phenolic OH excluding ortho intramolecular Hbond substituents is 1. The lowest BCUT2D eigenvalue weighted by Crippen LogP contribution is -1.99. The molecular formula is C14H21FO4S. The fourth-order valence-corrected chi connectivity index (χ4v) is 2.39. The molecule has 0 bridgehead atoms. The molecule has 0 radical (unpaired) electrons. The van der Waals surface area contributed by atoms with Crippen molar-refractivity contribution in [2.24, 2.45) is 0 Å². The van der Waals surface area contributed by atoms with E-state index in [2.05, 4.69) is 0 Å². The van der Waals surface area contributed by atoms with Gasteiger partial charge in [-0.2, -0.15) is 8.42 Å². The number of hydrogen-bond donors (Lipinski definition) is 1. The molecule has 0 aliphatic heterocycles. The van der Waals surface area contributed by atoms with Gasteiger partial charge >= 0.3 is 10.2 Å². The largest absolute Gasteiger partial charge is 0.504 e. The van der Waals surface area contributed by atoms with Gasteiger partial charge in [0.05, 0.1) is 12.4 Å². The van der Waals surface area contributed by atoms with E-state index in [0.717, 1.165) is 32.1 Å². The zero-order valence-electron chi connectivity index (χ0n) is 11.4. The Kier molecular flexibility index (Phi) is 7.36. The van der Waals surface area contributed by atoms with Gasteiger partial charge in [0.25, 0.3) is 0 Å². The van der Waals surface area contributed by atoms with Gasteiger partial charge in [0.2, 0.25) is 0 Å². The van der Waals surface area contributed by atoms with E-state index in [4.69, 9.17) is 4.74 Å². The standard InChI is InChI=1S/C14H21FO4S/c15-20(17,18)12-8-4-2-1-3-7-11-19-14-10-6-5-9-13(14)16/h5-6,9-10,16H,1-4,7-8,11-12H2. The molecule has 0 aliphatic carbocycles. The number of phenols is 1. The topological polar surface area (TPSA) is 63.6 Å². The van der Waals surface area contributed by atoms with Crippen LogP contribution in [0.4, 0.5) is 3.89 Å². The summed E-state index contributed by atoms with van der Waals surface area (Å²) >= 11 is 0. The van der Waals surface area contributed by atoms with Crippen molar-refractivity contribution in [2.75, 3.05) is 12.4 Å². The molecule has 0 heterocycles. The molecule has 4 nitrogen and oxygen atoms in total. The van der Waals surface area contributed by atoms with Crippen LogP contribution in [0.2, 0.25) is 0 Å². The van der Waals surface area contributed by atoms with Crippen molar-refractivity contribution >= 4 is 10.2 Å². The van der Waals surface area contributed by atoms with Gasteiger partial charge in [-0.1, -0.05) is 37.8 Å². The maximum atomic E-state index is 12.2. The Labute approximate surface area is 119 Å². The fraction of sp³-hybridized carbons (Fsp3) is 0.571. The summed E-state index contributed by atoms with van der Waals surface area (Å²) in [4.78, 5) is 0. The van der Waals surface area contributed by atoms with E-state index < -0.39 is 10.2 Å². The van der Waals surface area contributed by atoms with Gasteiger partial charge in [-0.05, 0) is 25.0 Å². The Morgan fingerprint density at radius 3 is 2.25 bits per heavy atom. The normalized spacial score (nSPS) is 11.4. The minimum absolute atomic E-state index is 0.139. The molecule has 0 saturated carbocycles. The van der Waals surface area contributed by atoms with Crippen molar-refractivity contribution in [2.45, 2.75) is 38.5 Å². The van der Waals surface area contributed by atoms with Crippen molar-refractivity contribution < 1.29 is 22.1 Å². The second-order valence-electron chi connectivity index (χ2n) is 4.68. The first kappa shape index (κ1) is 16.8. The van der Waals surface area contributed by atoms with Crippen molar-refractivity contribution in [3.63, 3.8) is 0 Å². The highest BCUT2D eigenvalue weighted by atomic mass is 32.3. The highest BCUT2D eigenvalue weighted by Gasteiger charge is 2.05. The zero-order valence-corrected chi connectivity index (χ0v) is 12.2. The van der Waals surface area contributed by atoms with E-state index in [9.17, 15) is 17.4 Å². The second-order valence-corrected chi connectivity index (χ2v) is 6.17. The van der Waals surface area contributed by atoms with E-state index in [1.807, 2.05) is 0 Å². The van der Waals surface area contributed by atoms with Crippen molar-refractivity contribution in [1.82, 2.24) is 0 Å². The maximum absolute atomic E-state index is 12.2. The van der Waals surface area contributed by atoms with E-state index >= 15 is 0 Å². The Morgan fingerprint density at radius 1 is 1.00 bits per heavy atom. The van der Waals surface area contributed by atoms with Crippen LogP contribution >= 0.6 is 0 Å². The SMILES string of the molecule is O=S(=O)(F)CCCCCCCCOc1ccccc1O. The molecule has 0 atom stereocenters. The molecule has 20 heavy (non-hydrogen) atoms. The van der Waals surface area contributed by atoms with Crippen LogP contribution in [0.5, 0.6) is 11.5 Å². The molecule has 114 valence electrons. The quantitative estimate of drug-likeness (QED) is 0.531. The number of unbranched alkanes of at least 4 members (excludes halogenated alkanes) is 5. The maximum Gasteiger partial charge on any atom is 0.302 e. The lowest BCUT2D eigenvalue weighted by atomic mass is 10.1. The van der Waals surface area contributed by atoms with Gasteiger partial charge in [0.15, 0.2) is 11.5 Å². The van der Waals surface area contributed by atoms with Crippen LogP contribution in [0.25, 0.3) is 0 Å². The molecule has 1 N–H and O–H groups in total. The Hall–Kier alpha value is -1.30. The predicted molar refractivity (Wildman–Crippen MR) is 76.2 cm³/mol. The number of rotatable bonds is 10. The molecular weight excluding hydrogens is 283 g/mol. The Bertz CT molecular complexity index is 488. The van der Waals surface area contributed by atoms with Gasteiger partial charge in [-0.15, -0.1) is 3.89 Å². The number of halogens is 1. The molecule has 0 spiro atoms. The number of aromatic hydroxyl groups is 1. The lowest BCUT2D eigenvalue weighted by Gasteiger charge is -2.07. The minimum atomic E-state index is -4.30. The smallest absolute Gasteiger partial charge is 0.302 e. The molecule has 0 fully saturated rings. The van der Waals surface area contributed by atoms with Crippen molar-refractivity contribution in [3.8, 4) is 11.5 Å². The third kappa shape index (κ3) is 7.99. The minimum Gasteiger partial charge on any atom is -0.504 e. The number of ether oxygens (including phenoxy) is 1. The molecule has 1 rings (SSSR count). The summed E-state index contributed by atoms with van der Waals surface area (Å²) in [5.41, 5.74) is 0. The van der Waals surface area contributed by atoms with Gasteiger partial charge in [-0.3, -0.25) is 0 Å². The van der Waals surface area contributed by atoms with Gasteiger partial charge in [0.1, 0.15) is 0 Å². The first-order chi connectivity index (χ1) is 9.49. The molecule has 1 aromatic rings. The van der Waals surface area contributed by atoms with Crippen LogP contribution in [0.3, 0.4) is 0 Å². The van der Waals surface area contributed by atoms with E-state index in [1.165, 1.54) is 0 Å². The molecule has 0 amide bonds. The van der Waals surface area contributed by atoms with Crippen LogP contribution in [0.1, 0.15) is 38.5 Å². The molecule has 0 aromatic heterocycles. The third-order valence-corrected chi connectivity index (χ3v) is 3.68. The third-order valence-electron chi connectivity index (χ3n) is 2.91. The summed E-state index contributed by atoms with van der Waals surface area (Å²) in [6, 6.07) is 6.83. The van der Waals surface area contributed by atoms with Gasteiger partial charge in [0, 0.05) is 0 Å². The average Bonchev–Trinajstić information content (AvgIpc) is 2.37. The number of benzene rings is 1. The summed E-state index contributed by atoms with van der Waals surface area (Å²) in [5.74, 6) is 0.254. The van der Waals surface area contributed by atoms with Crippen LogP contribution in [0.15, 0.2) is 24.3 Å². The van der Waals surface area contributed by atoms with Crippen LogP contribution in [-0.4, -0.2) is 25.9 Å². The molecule has 0 aliphatic rings. The van der Waals surface area contributed by atoms with Crippen LogP contribution < -0.4 is 4.74 Å². The Balaban J connectivity index is 1.97. The van der Waals surface area contributed by atoms with Crippen LogP contribution in [-0.2, 0) is 10.2 Å². The molecule has 6 heteroatoms. The Morgan fingerprint density at radius 2 is 1.60 bits per heavy atom. The zero-order chi connectivity index (χ0) is 14.8. The number of hydrogen-bond acceptors (Lipinski definition) is 4. The lowest BCUT2D eigenvalue weighted by molar-refractivity contribution is 0.289. The summed E-state index contributed by atoms with van der Waals surface area (Å²) in [6.07, 6.45) is 4.81. The van der Waals surface area contributed by atoms with E-state index in [-0.39, 0.29) is 11.5 Å².